The number of hydrogen-bond donors (Lipinski definition) is 1. The van der Waals surface area contributed by atoms with Crippen LogP contribution in [0.25, 0.3) is 0 Å². The lowest BCUT2D eigenvalue weighted by Crippen LogP contribution is -2.21. The predicted octanol–water partition coefficient (Wildman–Crippen LogP) is 2.56. The molecule has 1 N–H and O–H groups in total. The molecular weight excluding hydrogens is 208 g/mol. The normalized spacial score (nSPS) is 23.5. The van der Waals surface area contributed by atoms with Crippen molar-refractivity contribution >= 4 is 5.97 Å². The highest BCUT2D eigenvalue weighted by Crippen LogP contribution is 2.25. The van der Waals surface area contributed by atoms with Crippen LogP contribution in [0, 0.1) is 0 Å². The lowest BCUT2D eigenvalue weighted by Gasteiger charge is -2.16. The van der Waals surface area contributed by atoms with Crippen molar-refractivity contribution in [3.63, 3.8) is 0 Å². The number of rotatable bonds is 7. The van der Waals surface area contributed by atoms with Gasteiger partial charge in [0.05, 0.1) is 12.7 Å². The second-order valence-corrected chi connectivity index (χ2v) is 4.80. The number of carboxylic acid groups (broad SMARTS) is 1. The smallest absolute Gasteiger partial charge is 0.303 e. The summed E-state index contributed by atoms with van der Waals surface area (Å²) in [5.74, 6) is -1.12. The largest absolute Gasteiger partial charge is 0.481 e. The molecule has 94 valence electrons. The molecule has 0 saturated carbocycles. The van der Waals surface area contributed by atoms with Crippen LogP contribution < -0.4 is 0 Å². The fraction of sp³-hybridized carbons (Fsp3) is 0.917. The van der Waals surface area contributed by atoms with Gasteiger partial charge in [-0.15, -0.1) is 0 Å². The SMILES string of the molecule is CC1(C)OCC(CCCCCCC(=O)O)O1. The molecule has 0 aromatic rings. The highest BCUT2D eigenvalue weighted by atomic mass is 16.7. The third-order valence-electron chi connectivity index (χ3n) is 2.73. The quantitative estimate of drug-likeness (QED) is 0.683. The van der Waals surface area contributed by atoms with Gasteiger partial charge in [0.15, 0.2) is 5.79 Å². The lowest BCUT2D eigenvalue weighted by atomic mass is 10.1. The van der Waals surface area contributed by atoms with Gasteiger partial charge in [0.2, 0.25) is 0 Å². The molecule has 1 atom stereocenters. The first-order chi connectivity index (χ1) is 7.49. The van der Waals surface area contributed by atoms with Crippen molar-refractivity contribution in [1.29, 1.82) is 0 Å². The molecular formula is C12H22O4. The Balaban J connectivity index is 1.94. The lowest BCUT2D eigenvalue weighted by molar-refractivity contribution is -0.139. The van der Waals surface area contributed by atoms with Gasteiger partial charge in [0.1, 0.15) is 0 Å². The Morgan fingerprint density at radius 2 is 2.00 bits per heavy atom. The van der Waals surface area contributed by atoms with Crippen LogP contribution in [0.4, 0.5) is 0 Å². The standard InChI is InChI=1S/C12H22O4/c1-12(2)15-9-10(16-12)7-5-3-4-6-8-11(13)14/h10H,3-9H2,1-2H3,(H,13,14). The molecule has 0 amide bonds. The molecule has 0 aromatic heterocycles. The topological polar surface area (TPSA) is 55.8 Å². The molecule has 1 unspecified atom stereocenters. The van der Waals surface area contributed by atoms with Crippen LogP contribution in [0.1, 0.15) is 52.4 Å². The Morgan fingerprint density at radius 1 is 1.31 bits per heavy atom. The van der Waals surface area contributed by atoms with Crippen LogP contribution in [0.5, 0.6) is 0 Å². The van der Waals surface area contributed by atoms with Crippen LogP contribution in [0.3, 0.4) is 0 Å². The Labute approximate surface area is 96.9 Å². The molecule has 4 nitrogen and oxygen atoms in total. The number of carboxylic acids is 1. The molecule has 0 aromatic carbocycles. The Kier molecular flexibility index (Phi) is 5.22. The molecule has 16 heavy (non-hydrogen) atoms. The zero-order valence-corrected chi connectivity index (χ0v) is 10.2. The van der Waals surface area contributed by atoms with Crippen molar-refractivity contribution in [1.82, 2.24) is 0 Å². The summed E-state index contributed by atoms with van der Waals surface area (Å²) in [4.78, 5) is 10.3. The van der Waals surface area contributed by atoms with E-state index in [0.717, 1.165) is 32.1 Å². The summed E-state index contributed by atoms with van der Waals surface area (Å²) in [6, 6.07) is 0. The third-order valence-corrected chi connectivity index (χ3v) is 2.73. The maximum atomic E-state index is 10.3. The van der Waals surface area contributed by atoms with E-state index >= 15 is 0 Å². The summed E-state index contributed by atoms with van der Waals surface area (Å²) in [6.07, 6.45) is 5.45. The average molecular weight is 230 g/mol. The molecule has 4 heteroatoms. The van der Waals surface area contributed by atoms with Crippen LogP contribution >= 0.6 is 0 Å². The van der Waals surface area contributed by atoms with E-state index < -0.39 is 11.8 Å². The molecule has 1 heterocycles. The fourth-order valence-electron chi connectivity index (χ4n) is 1.91. The van der Waals surface area contributed by atoms with Gasteiger partial charge in [-0.05, 0) is 26.7 Å². The first-order valence-corrected chi connectivity index (χ1v) is 6.03. The molecule has 0 aliphatic carbocycles. The molecule has 0 bridgehead atoms. The number of carbonyl (C=O) groups is 1. The Bertz CT molecular complexity index is 225. The highest BCUT2D eigenvalue weighted by molar-refractivity contribution is 5.66. The molecule has 1 saturated heterocycles. The summed E-state index contributed by atoms with van der Waals surface area (Å²) in [5, 5.41) is 8.46. The van der Waals surface area contributed by atoms with E-state index in [1.54, 1.807) is 0 Å². The van der Waals surface area contributed by atoms with Crippen molar-refractivity contribution in [2.45, 2.75) is 64.3 Å². The van der Waals surface area contributed by atoms with Crippen LogP contribution in [-0.2, 0) is 14.3 Å². The van der Waals surface area contributed by atoms with E-state index in [2.05, 4.69) is 0 Å². The summed E-state index contributed by atoms with van der Waals surface area (Å²) in [5.41, 5.74) is 0. The third kappa shape index (κ3) is 5.47. The zero-order valence-electron chi connectivity index (χ0n) is 10.2. The number of hydrogen-bond acceptors (Lipinski definition) is 3. The maximum Gasteiger partial charge on any atom is 0.303 e. The van der Waals surface area contributed by atoms with Crippen molar-refractivity contribution in [2.24, 2.45) is 0 Å². The minimum atomic E-state index is -0.700. The van der Waals surface area contributed by atoms with Crippen molar-refractivity contribution in [2.75, 3.05) is 6.61 Å². The molecule has 1 aliphatic heterocycles. The van der Waals surface area contributed by atoms with E-state index in [1.165, 1.54) is 0 Å². The molecule has 0 spiro atoms. The van der Waals surface area contributed by atoms with Crippen molar-refractivity contribution in [3.05, 3.63) is 0 Å². The van der Waals surface area contributed by atoms with Gasteiger partial charge in [-0.1, -0.05) is 19.3 Å². The van der Waals surface area contributed by atoms with Gasteiger partial charge >= 0.3 is 5.97 Å². The van der Waals surface area contributed by atoms with E-state index in [-0.39, 0.29) is 12.5 Å². The second-order valence-electron chi connectivity index (χ2n) is 4.80. The first kappa shape index (κ1) is 13.5. The van der Waals surface area contributed by atoms with E-state index in [4.69, 9.17) is 14.6 Å². The van der Waals surface area contributed by atoms with Gasteiger partial charge < -0.3 is 14.6 Å². The average Bonchev–Trinajstić information content (AvgIpc) is 2.51. The van der Waals surface area contributed by atoms with Crippen LogP contribution in [0.15, 0.2) is 0 Å². The van der Waals surface area contributed by atoms with E-state index in [9.17, 15) is 4.79 Å². The van der Waals surface area contributed by atoms with Crippen molar-refractivity contribution in [3.8, 4) is 0 Å². The fourth-order valence-corrected chi connectivity index (χ4v) is 1.91. The minimum absolute atomic E-state index is 0.217. The highest BCUT2D eigenvalue weighted by Gasteiger charge is 2.31. The van der Waals surface area contributed by atoms with Crippen LogP contribution in [0.2, 0.25) is 0 Å². The van der Waals surface area contributed by atoms with Gasteiger partial charge in [-0.2, -0.15) is 0 Å². The van der Waals surface area contributed by atoms with Gasteiger partial charge in [-0.25, -0.2) is 0 Å². The second kappa shape index (κ2) is 6.21. The minimum Gasteiger partial charge on any atom is -0.481 e. The summed E-state index contributed by atoms with van der Waals surface area (Å²) in [6.45, 7) is 4.54. The summed E-state index contributed by atoms with van der Waals surface area (Å²) < 4.78 is 11.1. The molecule has 1 rings (SSSR count). The van der Waals surface area contributed by atoms with E-state index in [1.807, 2.05) is 13.8 Å². The molecule has 1 fully saturated rings. The van der Waals surface area contributed by atoms with Gasteiger partial charge in [-0.3, -0.25) is 4.79 Å². The first-order valence-electron chi connectivity index (χ1n) is 6.03. The predicted molar refractivity (Wildman–Crippen MR) is 60.2 cm³/mol. The van der Waals surface area contributed by atoms with Crippen LogP contribution in [-0.4, -0.2) is 29.6 Å². The molecule has 1 aliphatic rings. The van der Waals surface area contributed by atoms with Gasteiger partial charge in [0, 0.05) is 6.42 Å². The molecule has 0 radical (unpaired) electrons. The van der Waals surface area contributed by atoms with Crippen molar-refractivity contribution < 1.29 is 19.4 Å². The van der Waals surface area contributed by atoms with Gasteiger partial charge in [0.25, 0.3) is 0 Å². The number of unbranched alkanes of at least 4 members (excludes halogenated alkanes) is 3. The maximum absolute atomic E-state index is 10.3. The zero-order chi connectivity index (χ0) is 12.0. The summed E-state index contributed by atoms with van der Waals surface area (Å²) in [7, 11) is 0. The Morgan fingerprint density at radius 3 is 2.56 bits per heavy atom. The summed E-state index contributed by atoms with van der Waals surface area (Å²) >= 11 is 0. The van der Waals surface area contributed by atoms with E-state index in [0.29, 0.717) is 6.61 Å². The Hall–Kier alpha value is -0.610. The monoisotopic (exact) mass is 230 g/mol. The number of ether oxygens (including phenoxy) is 2. The number of aliphatic carboxylic acids is 1.